The van der Waals surface area contributed by atoms with E-state index in [-0.39, 0.29) is 20.4 Å². The molecule has 0 N–H and O–H groups in total. The largest absolute Gasteiger partial charge is 0 e. The van der Waals surface area contributed by atoms with E-state index >= 15 is 0 Å². The van der Waals surface area contributed by atoms with Crippen molar-refractivity contribution in [2.24, 2.45) is 0 Å². The first-order valence-corrected chi connectivity index (χ1v) is 13.4. The summed E-state index contributed by atoms with van der Waals surface area (Å²) in [5.74, 6) is 0. The van der Waals surface area contributed by atoms with E-state index in [0.717, 1.165) is 0 Å². The summed E-state index contributed by atoms with van der Waals surface area (Å²) in [6.07, 6.45) is 25.2. The molecule has 24 heavy (non-hydrogen) atoms. The van der Waals surface area contributed by atoms with Gasteiger partial charge in [0.1, 0.15) is 0 Å². The molecule has 0 nitrogen and oxygen atoms in total. The Hall–Kier alpha value is 0.702. The third-order valence-electron chi connectivity index (χ3n) is 7.45. The number of hydrogen-bond acceptors (Lipinski definition) is 0. The molecule has 0 heterocycles. The fraction of sp³-hybridized carbons (Fsp3) is 0.864. The summed E-state index contributed by atoms with van der Waals surface area (Å²) in [7, 11) is -1.05. The van der Waals surface area contributed by atoms with Crippen LogP contribution in [0.5, 0.6) is 0 Å². The van der Waals surface area contributed by atoms with Crippen molar-refractivity contribution in [2.75, 3.05) is 6.66 Å². The summed E-state index contributed by atoms with van der Waals surface area (Å²) in [6, 6.07) is 0. The number of allylic oxidation sites excluding steroid dienone is 1. The maximum absolute atomic E-state index is 3.25. The summed E-state index contributed by atoms with van der Waals surface area (Å²) >= 11 is 0. The van der Waals surface area contributed by atoms with Gasteiger partial charge in [-0.15, -0.1) is 0 Å². The van der Waals surface area contributed by atoms with Crippen molar-refractivity contribution in [3.05, 3.63) is 19.6 Å². The van der Waals surface area contributed by atoms with Crippen LogP contribution in [-0.2, 0) is 20.4 Å². The van der Waals surface area contributed by atoms with Crippen LogP contribution in [0.25, 0.3) is 0 Å². The predicted molar refractivity (Wildman–Crippen MR) is 110 cm³/mol. The summed E-state index contributed by atoms with van der Waals surface area (Å²) in [5, 5.41) is 0. The third-order valence-corrected chi connectivity index (χ3v) is 14.5. The Morgan fingerprint density at radius 3 is 1.08 bits per heavy atom. The van der Waals surface area contributed by atoms with Crippen molar-refractivity contribution in [1.82, 2.24) is 0 Å². The molecule has 0 spiro atoms. The zero-order valence-corrected chi connectivity index (χ0v) is 18.7. The van der Waals surface area contributed by atoms with Crippen LogP contribution in [0.1, 0.15) is 96.3 Å². The van der Waals surface area contributed by atoms with Crippen molar-refractivity contribution >= 4 is 7.26 Å². The number of hydrogen-bond donors (Lipinski definition) is 0. The van der Waals surface area contributed by atoms with Crippen LogP contribution in [-0.4, -0.2) is 23.6 Å². The van der Waals surface area contributed by atoms with Crippen LogP contribution in [0.3, 0.4) is 0 Å². The van der Waals surface area contributed by atoms with E-state index in [0.29, 0.717) is 0 Å². The normalized spacial score (nSPS) is 25.0. The van der Waals surface area contributed by atoms with Gasteiger partial charge >= 0.3 is 127 Å². The predicted octanol–water partition coefficient (Wildman–Crippen LogP) is 7.37. The summed E-state index contributed by atoms with van der Waals surface area (Å²) < 4.78 is 0. The van der Waals surface area contributed by atoms with Gasteiger partial charge in [0.2, 0.25) is 0 Å². The molecule has 3 fully saturated rings. The van der Waals surface area contributed by atoms with E-state index in [9.17, 15) is 0 Å². The molecule has 2 heteroatoms. The summed E-state index contributed by atoms with van der Waals surface area (Å²) in [5.41, 5.74) is 3.63. The fourth-order valence-electron chi connectivity index (χ4n) is 6.17. The molecular weight excluding hydrogens is 402 g/mol. The van der Waals surface area contributed by atoms with Crippen LogP contribution in [0.2, 0.25) is 0 Å². The van der Waals surface area contributed by atoms with E-state index in [2.05, 4.69) is 20.2 Å². The van der Waals surface area contributed by atoms with Gasteiger partial charge in [0.25, 0.3) is 0 Å². The van der Waals surface area contributed by atoms with E-state index in [1.807, 2.05) is 0 Å². The molecule has 0 unspecified atom stereocenters. The van der Waals surface area contributed by atoms with Crippen molar-refractivity contribution in [3.63, 3.8) is 0 Å². The third kappa shape index (κ3) is 5.86. The van der Waals surface area contributed by atoms with Crippen molar-refractivity contribution in [3.8, 4) is 0 Å². The van der Waals surface area contributed by atoms with Crippen LogP contribution in [0.4, 0.5) is 0 Å². The maximum atomic E-state index is 3.25. The Bertz CT molecular complexity index is 277. The topological polar surface area (TPSA) is 0 Å². The van der Waals surface area contributed by atoms with Crippen molar-refractivity contribution in [1.29, 1.82) is 0 Å². The standard InChI is InChI=1S/C19H37P.C3H5.Pd/c1-20(17-11-5-2-6-12-17,18-13-7-3-8-14-18)19-15-9-4-10-16-19;1-3-2;/h17-20H,2-16H2,1H3;3H,1-2H2;/q;-1;. The Morgan fingerprint density at radius 1 is 0.667 bits per heavy atom. The molecule has 0 amide bonds. The molecule has 0 aliphatic heterocycles. The van der Waals surface area contributed by atoms with Crippen molar-refractivity contribution in [2.45, 2.75) is 113 Å². The van der Waals surface area contributed by atoms with E-state index in [1.54, 1.807) is 77.0 Å². The molecule has 0 atom stereocenters. The minimum atomic E-state index is -1.05. The average molecular weight is 444 g/mol. The molecule has 146 valence electrons. The molecule has 0 aromatic rings. The summed E-state index contributed by atoms with van der Waals surface area (Å²) in [4.78, 5) is 0. The van der Waals surface area contributed by atoms with Gasteiger partial charge in [-0.05, 0) is 0 Å². The second-order valence-corrected chi connectivity index (χ2v) is 13.8. The minimum absolute atomic E-state index is 0. The van der Waals surface area contributed by atoms with Crippen LogP contribution in [0.15, 0.2) is 12.7 Å². The van der Waals surface area contributed by atoms with Gasteiger partial charge < -0.3 is 0 Å². The monoisotopic (exact) mass is 443 g/mol. The van der Waals surface area contributed by atoms with Gasteiger partial charge in [-0.2, -0.15) is 0 Å². The zero-order chi connectivity index (χ0) is 16.5. The van der Waals surface area contributed by atoms with Gasteiger partial charge in [0.05, 0.1) is 0 Å². The average Bonchev–Trinajstić information content (AvgIpc) is 2.64. The molecule has 3 saturated carbocycles. The first kappa shape index (κ1) is 22.7. The molecule has 0 saturated heterocycles. The van der Waals surface area contributed by atoms with Crippen LogP contribution >= 0.6 is 7.26 Å². The van der Waals surface area contributed by atoms with E-state index in [4.69, 9.17) is 0 Å². The van der Waals surface area contributed by atoms with E-state index in [1.165, 1.54) is 42.3 Å². The number of rotatable bonds is 3. The fourth-order valence-corrected chi connectivity index (χ4v) is 13.1. The Labute approximate surface area is 167 Å². The Kier molecular flexibility index (Phi) is 11.5. The van der Waals surface area contributed by atoms with Crippen LogP contribution < -0.4 is 0 Å². The summed E-state index contributed by atoms with van der Waals surface area (Å²) in [6.45, 7) is 9.40. The van der Waals surface area contributed by atoms with Gasteiger partial charge in [-0.25, -0.2) is 19.6 Å². The first-order valence-electron chi connectivity index (χ1n) is 10.6. The van der Waals surface area contributed by atoms with Gasteiger partial charge in [-0.1, -0.05) is 0 Å². The SMILES string of the molecule is C=C[CH2-].C[PH](C1CCCCC1)(C1CCCCC1)C1CCCCC1.[Pd]. The van der Waals surface area contributed by atoms with Crippen LogP contribution in [0, 0.1) is 6.92 Å². The molecule has 3 rings (SSSR count). The molecule has 0 aromatic heterocycles. The van der Waals surface area contributed by atoms with Gasteiger partial charge in [0.15, 0.2) is 0 Å². The van der Waals surface area contributed by atoms with E-state index < -0.39 is 7.26 Å². The maximum Gasteiger partial charge on any atom is 0 e. The van der Waals surface area contributed by atoms with Gasteiger partial charge in [0, 0.05) is 20.4 Å². The Morgan fingerprint density at radius 2 is 0.875 bits per heavy atom. The second kappa shape index (κ2) is 12.2. The van der Waals surface area contributed by atoms with Crippen molar-refractivity contribution < 1.29 is 20.4 Å². The molecule has 0 aromatic carbocycles. The van der Waals surface area contributed by atoms with Gasteiger partial charge in [-0.3, -0.25) is 0 Å². The molecule has 3 aliphatic rings. The Balaban J connectivity index is 0.000000671. The molecular formula is C22H42PPd-. The zero-order valence-electron chi connectivity index (χ0n) is 16.1. The smallest absolute Gasteiger partial charge is 0 e. The molecule has 0 bridgehead atoms. The molecule has 3 aliphatic carbocycles. The minimum Gasteiger partial charge on any atom is 0 e. The second-order valence-electron chi connectivity index (χ2n) is 8.66. The molecule has 0 radical (unpaired) electrons. The quantitative estimate of drug-likeness (QED) is 0.242. The first-order chi connectivity index (χ1) is 11.2.